The first-order valence-electron chi connectivity index (χ1n) is 5.01. The van der Waals surface area contributed by atoms with Crippen LogP contribution < -0.4 is 0 Å². The Balaban J connectivity index is 2.30. The van der Waals surface area contributed by atoms with Crippen molar-refractivity contribution in [3.05, 3.63) is 39.7 Å². The van der Waals surface area contributed by atoms with E-state index in [0.717, 1.165) is 11.3 Å². The molecule has 0 unspecified atom stereocenters. The number of benzene rings is 1. The van der Waals surface area contributed by atoms with E-state index >= 15 is 0 Å². The van der Waals surface area contributed by atoms with Crippen molar-refractivity contribution in [3.8, 4) is 11.3 Å². The van der Waals surface area contributed by atoms with Crippen molar-refractivity contribution in [2.45, 2.75) is 0 Å². The molecule has 0 spiro atoms. The first-order chi connectivity index (χ1) is 8.08. The molecule has 0 aliphatic heterocycles. The Hall–Kier alpha value is -1.39. The second-order valence-electron chi connectivity index (χ2n) is 3.74. The van der Waals surface area contributed by atoms with Crippen LogP contribution in [-0.4, -0.2) is 29.9 Å². The largest absolute Gasteiger partial charge is 0.343 e. The number of hydrogen-bond acceptors (Lipinski definition) is 3. The molecule has 0 N–H and O–H groups in total. The maximum absolute atomic E-state index is 11.7. The highest BCUT2D eigenvalue weighted by molar-refractivity contribution is 7.12. The molecule has 0 saturated heterocycles. The van der Waals surface area contributed by atoms with Gasteiger partial charge in [0.25, 0.3) is 5.91 Å². The predicted octanol–water partition coefficient (Wildman–Crippen LogP) is 3.17. The van der Waals surface area contributed by atoms with Gasteiger partial charge in [-0.25, -0.2) is 4.98 Å². The first kappa shape index (κ1) is 12.1. The molecule has 2 rings (SSSR count). The van der Waals surface area contributed by atoms with Gasteiger partial charge in [0.15, 0.2) is 5.01 Å². The second kappa shape index (κ2) is 4.85. The molecule has 1 aromatic heterocycles. The molecule has 1 heterocycles. The van der Waals surface area contributed by atoms with E-state index in [-0.39, 0.29) is 5.91 Å². The number of carbonyl (C=O) groups is 1. The van der Waals surface area contributed by atoms with Crippen LogP contribution in [0.5, 0.6) is 0 Å². The van der Waals surface area contributed by atoms with Gasteiger partial charge in [0.1, 0.15) is 0 Å². The highest BCUT2D eigenvalue weighted by atomic mass is 35.5. The van der Waals surface area contributed by atoms with Crippen molar-refractivity contribution in [1.82, 2.24) is 9.88 Å². The smallest absolute Gasteiger partial charge is 0.282 e. The van der Waals surface area contributed by atoms with Gasteiger partial charge in [0.2, 0.25) is 0 Å². The van der Waals surface area contributed by atoms with Gasteiger partial charge in [-0.2, -0.15) is 0 Å². The standard InChI is InChI=1S/C12H11ClN2OS/c1-15(2)12(16)11-14-10(7-17-11)8-3-5-9(13)6-4-8/h3-7H,1-2H3. The van der Waals surface area contributed by atoms with E-state index in [9.17, 15) is 4.79 Å². The van der Waals surface area contributed by atoms with Crippen LogP contribution >= 0.6 is 22.9 Å². The molecule has 0 saturated carbocycles. The van der Waals surface area contributed by atoms with Crippen LogP contribution in [0.2, 0.25) is 5.02 Å². The van der Waals surface area contributed by atoms with Crippen molar-refractivity contribution in [2.24, 2.45) is 0 Å². The normalized spacial score (nSPS) is 10.3. The molecular weight excluding hydrogens is 256 g/mol. The fraction of sp³-hybridized carbons (Fsp3) is 0.167. The lowest BCUT2D eigenvalue weighted by atomic mass is 10.2. The minimum absolute atomic E-state index is 0.0739. The maximum atomic E-state index is 11.7. The van der Waals surface area contributed by atoms with Gasteiger partial charge < -0.3 is 4.90 Å². The Labute approximate surface area is 109 Å². The van der Waals surface area contributed by atoms with Gasteiger partial charge in [0, 0.05) is 30.1 Å². The van der Waals surface area contributed by atoms with E-state index in [0.29, 0.717) is 10.0 Å². The van der Waals surface area contributed by atoms with Gasteiger partial charge in [-0.3, -0.25) is 4.79 Å². The van der Waals surface area contributed by atoms with Crippen molar-refractivity contribution >= 4 is 28.8 Å². The Morgan fingerprint density at radius 3 is 2.53 bits per heavy atom. The zero-order chi connectivity index (χ0) is 12.4. The number of rotatable bonds is 2. The average molecular weight is 267 g/mol. The molecule has 3 nitrogen and oxygen atoms in total. The van der Waals surface area contributed by atoms with E-state index < -0.39 is 0 Å². The number of aromatic nitrogens is 1. The molecule has 0 aliphatic carbocycles. The van der Waals surface area contributed by atoms with Crippen LogP contribution in [0.25, 0.3) is 11.3 Å². The van der Waals surface area contributed by atoms with Crippen molar-refractivity contribution in [2.75, 3.05) is 14.1 Å². The van der Waals surface area contributed by atoms with Crippen LogP contribution in [0.1, 0.15) is 9.80 Å². The lowest BCUT2D eigenvalue weighted by Gasteiger charge is -2.06. The van der Waals surface area contributed by atoms with E-state index in [4.69, 9.17) is 11.6 Å². The van der Waals surface area contributed by atoms with Gasteiger partial charge >= 0.3 is 0 Å². The SMILES string of the molecule is CN(C)C(=O)c1nc(-c2ccc(Cl)cc2)cs1. The summed E-state index contributed by atoms with van der Waals surface area (Å²) in [4.78, 5) is 17.5. The van der Waals surface area contributed by atoms with E-state index in [1.165, 1.54) is 16.2 Å². The Bertz CT molecular complexity index is 534. The zero-order valence-electron chi connectivity index (χ0n) is 9.48. The summed E-state index contributed by atoms with van der Waals surface area (Å²) >= 11 is 7.17. The summed E-state index contributed by atoms with van der Waals surface area (Å²) < 4.78 is 0. The van der Waals surface area contributed by atoms with Gasteiger partial charge in [-0.05, 0) is 12.1 Å². The topological polar surface area (TPSA) is 33.2 Å². The first-order valence-corrected chi connectivity index (χ1v) is 6.27. The van der Waals surface area contributed by atoms with E-state index in [1.807, 2.05) is 29.6 Å². The number of nitrogens with zero attached hydrogens (tertiary/aromatic N) is 2. The summed E-state index contributed by atoms with van der Waals surface area (Å²) in [6.45, 7) is 0. The highest BCUT2D eigenvalue weighted by Crippen LogP contribution is 2.23. The quantitative estimate of drug-likeness (QED) is 0.837. The third kappa shape index (κ3) is 2.65. The summed E-state index contributed by atoms with van der Waals surface area (Å²) in [6, 6.07) is 7.40. The van der Waals surface area contributed by atoms with Crippen LogP contribution in [-0.2, 0) is 0 Å². The Kier molecular flexibility index (Phi) is 3.45. The number of hydrogen-bond donors (Lipinski definition) is 0. The lowest BCUT2D eigenvalue weighted by molar-refractivity contribution is 0.0827. The fourth-order valence-electron chi connectivity index (χ4n) is 1.32. The molecule has 0 bridgehead atoms. The predicted molar refractivity (Wildman–Crippen MR) is 70.6 cm³/mol. The maximum Gasteiger partial charge on any atom is 0.282 e. The van der Waals surface area contributed by atoms with Crippen molar-refractivity contribution in [3.63, 3.8) is 0 Å². The molecule has 17 heavy (non-hydrogen) atoms. The molecule has 1 aromatic carbocycles. The number of halogens is 1. The summed E-state index contributed by atoms with van der Waals surface area (Å²) in [5.41, 5.74) is 1.76. The molecular formula is C12H11ClN2OS. The summed E-state index contributed by atoms with van der Waals surface area (Å²) in [7, 11) is 3.43. The molecule has 0 aliphatic rings. The number of thiazole rings is 1. The zero-order valence-corrected chi connectivity index (χ0v) is 11.0. The van der Waals surface area contributed by atoms with Crippen LogP contribution in [0.15, 0.2) is 29.6 Å². The van der Waals surface area contributed by atoms with Gasteiger partial charge in [-0.15, -0.1) is 11.3 Å². The number of carbonyl (C=O) groups excluding carboxylic acids is 1. The minimum Gasteiger partial charge on any atom is -0.343 e. The molecule has 1 amide bonds. The Morgan fingerprint density at radius 2 is 1.94 bits per heavy atom. The van der Waals surface area contributed by atoms with E-state index in [1.54, 1.807) is 14.1 Å². The van der Waals surface area contributed by atoms with Gasteiger partial charge in [0.05, 0.1) is 5.69 Å². The molecule has 0 fully saturated rings. The third-order valence-electron chi connectivity index (χ3n) is 2.23. The second-order valence-corrected chi connectivity index (χ2v) is 5.04. The summed E-state index contributed by atoms with van der Waals surface area (Å²) in [6.07, 6.45) is 0. The molecule has 0 atom stereocenters. The van der Waals surface area contributed by atoms with Crippen molar-refractivity contribution < 1.29 is 4.79 Å². The molecule has 2 aromatic rings. The molecule has 5 heteroatoms. The lowest BCUT2D eigenvalue weighted by Crippen LogP contribution is -2.21. The average Bonchev–Trinajstić information content (AvgIpc) is 2.78. The third-order valence-corrected chi connectivity index (χ3v) is 3.32. The highest BCUT2D eigenvalue weighted by Gasteiger charge is 2.13. The summed E-state index contributed by atoms with van der Waals surface area (Å²) in [5, 5.41) is 3.06. The summed E-state index contributed by atoms with van der Waals surface area (Å²) in [5.74, 6) is -0.0739. The van der Waals surface area contributed by atoms with Crippen LogP contribution in [0, 0.1) is 0 Å². The van der Waals surface area contributed by atoms with Crippen molar-refractivity contribution in [1.29, 1.82) is 0 Å². The minimum atomic E-state index is -0.0739. The van der Waals surface area contributed by atoms with Crippen LogP contribution in [0.4, 0.5) is 0 Å². The molecule has 88 valence electrons. The fourth-order valence-corrected chi connectivity index (χ4v) is 2.29. The molecule has 0 radical (unpaired) electrons. The monoisotopic (exact) mass is 266 g/mol. The van der Waals surface area contributed by atoms with Crippen LogP contribution in [0.3, 0.4) is 0 Å². The van der Waals surface area contributed by atoms with Gasteiger partial charge in [-0.1, -0.05) is 23.7 Å². The van der Waals surface area contributed by atoms with E-state index in [2.05, 4.69) is 4.98 Å². The number of amides is 1. The Morgan fingerprint density at radius 1 is 1.29 bits per heavy atom.